The van der Waals surface area contributed by atoms with Crippen molar-refractivity contribution in [1.82, 2.24) is 4.31 Å². The van der Waals surface area contributed by atoms with Crippen LogP contribution in [-0.2, 0) is 14.8 Å². The zero-order valence-electron chi connectivity index (χ0n) is 10.1. The van der Waals surface area contributed by atoms with Crippen LogP contribution in [0.4, 0.5) is 0 Å². The van der Waals surface area contributed by atoms with Gasteiger partial charge in [0.05, 0.1) is 17.7 Å². The van der Waals surface area contributed by atoms with Gasteiger partial charge in [-0.1, -0.05) is 12.2 Å². The molecule has 5 nitrogen and oxygen atoms in total. The summed E-state index contributed by atoms with van der Waals surface area (Å²) >= 11 is 4.68. The summed E-state index contributed by atoms with van der Waals surface area (Å²) in [4.78, 5) is -0.0170. The zero-order chi connectivity index (χ0) is 12.9. The van der Waals surface area contributed by atoms with E-state index in [1.165, 1.54) is 18.3 Å². The first-order valence-electron chi connectivity index (χ1n) is 5.05. The van der Waals surface area contributed by atoms with Crippen LogP contribution in [0.25, 0.3) is 0 Å². The predicted molar refractivity (Wildman–Crippen MR) is 68.9 cm³/mol. The zero-order valence-corrected chi connectivity index (χ0v) is 11.8. The van der Waals surface area contributed by atoms with E-state index in [0.29, 0.717) is 13.2 Å². The van der Waals surface area contributed by atoms with E-state index in [1.54, 1.807) is 0 Å². The van der Waals surface area contributed by atoms with Crippen molar-refractivity contribution in [1.29, 1.82) is 0 Å². The van der Waals surface area contributed by atoms with Crippen molar-refractivity contribution < 1.29 is 13.2 Å². The van der Waals surface area contributed by atoms with E-state index in [0.717, 1.165) is 0 Å². The van der Waals surface area contributed by atoms with Crippen LogP contribution in [0.5, 0.6) is 0 Å². The smallest absolute Gasteiger partial charge is 0.223 e. The van der Waals surface area contributed by atoms with Crippen LogP contribution in [0.15, 0.2) is 0 Å². The number of thiocarbonyl (C=S) groups is 1. The highest BCUT2D eigenvalue weighted by atomic mass is 32.2. The van der Waals surface area contributed by atoms with Crippen molar-refractivity contribution in [2.75, 3.05) is 20.2 Å². The molecule has 0 fully saturated rings. The average Bonchev–Trinajstić information content (AvgIpc) is 2.15. The molecule has 0 aliphatic carbocycles. The Kier molecular flexibility index (Phi) is 6.39. The monoisotopic (exact) mass is 268 g/mol. The van der Waals surface area contributed by atoms with E-state index in [2.05, 4.69) is 12.2 Å². The van der Waals surface area contributed by atoms with E-state index in [1.807, 2.05) is 13.8 Å². The Hall–Kier alpha value is -0.240. The molecule has 0 saturated carbocycles. The maximum absolute atomic E-state index is 11.9. The second-order valence-corrected chi connectivity index (χ2v) is 6.66. The van der Waals surface area contributed by atoms with Gasteiger partial charge in [-0.15, -0.1) is 0 Å². The van der Waals surface area contributed by atoms with Gasteiger partial charge in [-0.2, -0.15) is 0 Å². The van der Waals surface area contributed by atoms with Gasteiger partial charge in [0.15, 0.2) is 0 Å². The van der Waals surface area contributed by atoms with Crippen LogP contribution in [0.2, 0.25) is 0 Å². The molecule has 0 amide bonds. The molecular formula is C9H20N2O3S2. The summed E-state index contributed by atoms with van der Waals surface area (Å²) in [7, 11) is -1.96. The minimum absolute atomic E-state index is 0.0170. The molecule has 0 aromatic rings. The summed E-state index contributed by atoms with van der Waals surface area (Å²) < 4.78 is 30.2. The lowest BCUT2D eigenvalue weighted by atomic mass is 10.5. The van der Waals surface area contributed by atoms with E-state index in [-0.39, 0.29) is 11.1 Å². The molecule has 0 bridgehead atoms. The van der Waals surface area contributed by atoms with Crippen LogP contribution < -0.4 is 5.73 Å². The molecule has 0 aromatic heterocycles. The normalized spacial score (nSPS) is 14.4. The van der Waals surface area contributed by atoms with Gasteiger partial charge in [0.1, 0.15) is 5.25 Å². The second kappa shape index (κ2) is 6.48. The Balaban J connectivity index is 4.36. The quantitative estimate of drug-likeness (QED) is 0.674. The van der Waals surface area contributed by atoms with Crippen LogP contribution in [0, 0.1) is 0 Å². The Morgan fingerprint density at radius 1 is 1.44 bits per heavy atom. The van der Waals surface area contributed by atoms with Crippen LogP contribution in [0.1, 0.15) is 20.8 Å². The van der Waals surface area contributed by atoms with Crippen molar-refractivity contribution in [2.24, 2.45) is 5.73 Å². The molecule has 1 unspecified atom stereocenters. The molecule has 0 spiro atoms. The summed E-state index contributed by atoms with van der Waals surface area (Å²) in [6.45, 7) is 5.93. The minimum Gasteiger partial charge on any atom is -0.392 e. The van der Waals surface area contributed by atoms with Gasteiger partial charge in [-0.3, -0.25) is 0 Å². The van der Waals surface area contributed by atoms with Gasteiger partial charge in [-0.05, 0) is 20.8 Å². The van der Waals surface area contributed by atoms with Gasteiger partial charge >= 0.3 is 0 Å². The maximum atomic E-state index is 11.9. The molecular weight excluding hydrogens is 248 g/mol. The van der Waals surface area contributed by atoms with Gasteiger partial charge in [0.2, 0.25) is 10.0 Å². The number of likely N-dealkylation sites (N-methyl/N-ethyl adjacent to an activating group) is 1. The number of hydrogen-bond acceptors (Lipinski definition) is 4. The molecule has 96 valence electrons. The SMILES string of the molecule is CC(C)OCCN(C)S(=O)(=O)C(C)C(N)=S. The molecule has 7 heteroatoms. The maximum Gasteiger partial charge on any atom is 0.223 e. The summed E-state index contributed by atoms with van der Waals surface area (Å²) in [5.41, 5.74) is 5.33. The van der Waals surface area contributed by atoms with E-state index in [4.69, 9.17) is 10.5 Å². The highest BCUT2D eigenvalue weighted by Gasteiger charge is 2.27. The third-order valence-electron chi connectivity index (χ3n) is 2.14. The first-order valence-corrected chi connectivity index (χ1v) is 6.96. The number of nitrogens with two attached hydrogens (primary N) is 1. The second-order valence-electron chi connectivity index (χ2n) is 3.83. The third-order valence-corrected chi connectivity index (χ3v) is 4.84. The molecule has 2 N–H and O–H groups in total. The topological polar surface area (TPSA) is 72.6 Å². The molecule has 0 aliphatic heterocycles. The van der Waals surface area contributed by atoms with Crippen LogP contribution in [0.3, 0.4) is 0 Å². The van der Waals surface area contributed by atoms with Gasteiger partial charge in [-0.25, -0.2) is 12.7 Å². The summed E-state index contributed by atoms with van der Waals surface area (Å²) in [6.07, 6.45) is 0.0871. The van der Waals surface area contributed by atoms with Crippen LogP contribution in [-0.4, -0.2) is 49.3 Å². The fraction of sp³-hybridized carbons (Fsp3) is 0.889. The Bertz CT molecular complexity index is 328. The Morgan fingerprint density at radius 3 is 2.31 bits per heavy atom. The Morgan fingerprint density at radius 2 is 1.94 bits per heavy atom. The first-order chi connectivity index (χ1) is 7.19. The number of rotatable bonds is 7. The van der Waals surface area contributed by atoms with E-state index in [9.17, 15) is 8.42 Å². The molecule has 1 atom stereocenters. The molecule has 16 heavy (non-hydrogen) atoms. The highest BCUT2D eigenvalue weighted by Crippen LogP contribution is 2.07. The number of nitrogens with zero attached hydrogens (tertiary/aromatic N) is 1. The molecule has 0 aliphatic rings. The van der Waals surface area contributed by atoms with Crippen molar-refractivity contribution in [3.63, 3.8) is 0 Å². The van der Waals surface area contributed by atoms with Gasteiger partial charge in [0.25, 0.3) is 0 Å². The summed E-state index contributed by atoms with van der Waals surface area (Å²) in [5, 5.41) is -0.841. The highest BCUT2D eigenvalue weighted by molar-refractivity contribution is 7.92. The van der Waals surface area contributed by atoms with Crippen molar-refractivity contribution in [2.45, 2.75) is 32.1 Å². The molecule has 0 saturated heterocycles. The lowest BCUT2D eigenvalue weighted by molar-refractivity contribution is 0.0737. The lowest BCUT2D eigenvalue weighted by Crippen LogP contribution is -2.42. The van der Waals surface area contributed by atoms with Crippen molar-refractivity contribution >= 4 is 27.2 Å². The average molecular weight is 268 g/mol. The summed E-state index contributed by atoms with van der Waals surface area (Å²) in [6, 6.07) is 0. The van der Waals surface area contributed by atoms with E-state index >= 15 is 0 Å². The first kappa shape index (κ1) is 15.8. The largest absolute Gasteiger partial charge is 0.392 e. The standard InChI is InChI=1S/C9H20N2O3S2/c1-7(2)14-6-5-11(4)16(12,13)8(3)9(10)15/h7-8H,5-6H2,1-4H3,(H2,10,15). The van der Waals surface area contributed by atoms with Gasteiger partial charge in [0, 0.05) is 13.6 Å². The van der Waals surface area contributed by atoms with Crippen molar-refractivity contribution in [3.05, 3.63) is 0 Å². The Labute approximate surface area is 103 Å². The predicted octanol–water partition coefficient (Wildman–Crippen LogP) is 0.348. The molecule has 0 aromatic carbocycles. The summed E-state index contributed by atoms with van der Waals surface area (Å²) in [5.74, 6) is 0. The number of ether oxygens (including phenoxy) is 1. The number of sulfonamides is 1. The van der Waals surface area contributed by atoms with Crippen LogP contribution >= 0.6 is 12.2 Å². The minimum atomic E-state index is -3.45. The fourth-order valence-corrected chi connectivity index (χ4v) is 2.49. The third kappa shape index (κ3) is 4.73. The van der Waals surface area contributed by atoms with E-state index < -0.39 is 15.3 Å². The molecule has 0 rings (SSSR count). The molecule has 0 radical (unpaired) electrons. The van der Waals surface area contributed by atoms with Gasteiger partial charge < -0.3 is 10.5 Å². The van der Waals surface area contributed by atoms with Crippen molar-refractivity contribution in [3.8, 4) is 0 Å². The lowest BCUT2D eigenvalue weighted by Gasteiger charge is -2.21. The molecule has 0 heterocycles. The number of hydrogen-bond donors (Lipinski definition) is 1. The fourth-order valence-electron chi connectivity index (χ4n) is 0.961.